The first-order valence-electron chi connectivity index (χ1n) is 8.14. The summed E-state index contributed by atoms with van der Waals surface area (Å²) in [5.41, 5.74) is 0.841. The summed E-state index contributed by atoms with van der Waals surface area (Å²) >= 11 is 0. The van der Waals surface area contributed by atoms with Crippen molar-refractivity contribution in [3.8, 4) is 11.5 Å². The lowest BCUT2D eigenvalue weighted by Crippen LogP contribution is -2.38. The van der Waals surface area contributed by atoms with E-state index in [1.54, 1.807) is 19.4 Å². The molecule has 2 aromatic rings. The monoisotopic (exact) mass is 459 g/mol. The van der Waals surface area contributed by atoms with Crippen LogP contribution in [0, 0.1) is 0 Å². The van der Waals surface area contributed by atoms with Crippen LogP contribution in [-0.2, 0) is 12.8 Å². The minimum atomic E-state index is 0. The Kier molecular flexibility index (Phi) is 9.83. The molecule has 0 saturated carbocycles. The van der Waals surface area contributed by atoms with Gasteiger partial charge >= 0.3 is 0 Å². The highest BCUT2D eigenvalue weighted by Crippen LogP contribution is 2.29. The van der Waals surface area contributed by atoms with E-state index >= 15 is 0 Å². The second kappa shape index (κ2) is 11.6. The Hall–Kier alpha value is -1.90. The maximum atomic E-state index is 10.1. The molecule has 25 heavy (non-hydrogen) atoms. The molecule has 1 aromatic carbocycles. The van der Waals surface area contributed by atoms with Gasteiger partial charge in [-0.15, -0.1) is 24.0 Å². The number of nitrogens with one attached hydrogen (secondary N) is 2. The van der Waals surface area contributed by atoms with Gasteiger partial charge in [-0.1, -0.05) is 12.1 Å². The van der Waals surface area contributed by atoms with Crippen molar-refractivity contribution >= 4 is 29.9 Å². The summed E-state index contributed by atoms with van der Waals surface area (Å²) in [5.74, 6) is 2.37. The van der Waals surface area contributed by atoms with E-state index in [-0.39, 0.29) is 29.7 Å². The summed E-state index contributed by atoms with van der Waals surface area (Å²) in [6, 6.07) is 9.33. The molecule has 0 aliphatic rings. The Labute approximate surface area is 165 Å². The number of furan rings is 1. The van der Waals surface area contributed by atoms with Crippen molar-refractivity contribution in [3.05, 3.63) is 47.9 Å². The third kappa shape index (κ3) is 6.85. The quantitative estimate of drug-likeness (QED) is 0.322. The molecule has 6 nitrogen and oxygen atoms in total. The predicted molar refractivity (Wildman–Crippen MR) is 110 cm³/mol. The molecule has 0 aliphatic heterocycles. The van der Waals surface area contributed by atoms with Crippen molar-refractivity contribution < 1.29 is 14.3 Å². The molecule has 0 atom stereocenters. The first-order chi connectivity index (χ1) is 11.7. The van der Waals surface area contributed by atoms with Gasteiger partial charge in [0, 0.05) is 26.1 Å². The van der Waals surface area contributed by atoms with E-state index in [0.717, 1.165) is 30.2 Å². The third-order valence-corrected chi connectivity index (χ3v) is 3.54. The molecule has 1 heterocycles. The zero-order valence-electron chi connectivity index (χ0n) is 14.6. The fourth-order valence-electron chi connectivity index (χ4n) is 2.32. The Morgan fingerprint density at radius 3 is 2.72 bits per heavy atom. The van der Waals surface area contributed by atoms with E-state index in [0.29, 0.717) is 25.3 Å². The van der Waals surface area contributed by atoms with Crippen LogP contribution >= 0.6 is 24.0 Å². The summed E-state index contributed by atoms with van der Waals surface area (Å²) in [6.07, 6.45) is 3.11. The Morgan fingerprint density at radius 2 is 2.04 bits per heavy atom. The molecule has 0 saturated heterocycles. The maximum absolute atomic E-state index is 10.1. The van der Waals surface area contributed by atoms with Gasteiger partial charge in [0.15, 0.2) is 17.5 Å². The molecule has 0 unspecified atom stereocenters. The lowest BCUT2D eigenvalue weighted by Gasteiger charge is -2.12. The topological polar surface area (TPSA) is 79.0 Å². The van der Waals surface area contributed by atoms with Crippen molar-refractivity contribution in [2.75, 3.05) is 26.7 Å². The number of phenolic OH excluding ortho intramolecular Hbond substituents is 1. The lowest BCUT2D eigenvalue weighted by molar-refractivity contribution is 0.370. The number of ether oxygens (including phenoxy) is 1. The molecule has 0 aliphatic carbocycles. The standard InChI is InChI=1S/C18H25N3O3.HI/c1-3-19-18(21-12-10-15-7-5-13-24-15)20-11-9-14-6-4-8-16(23-2)17(14)22;/h4-8,13,22H,3,9-12H2,1-2H3,(H2,19,20,21);1H. The highest BCUT2D eigenvalue weighted by atomic mass is 127. The molecular weight excluding hydrogens is 433 g/mol. The van der Waals surface area contributed by atoms with Gasteiger partial charge in [-0.2, -0.15) is 0 Å². The number of hydrogen-bond donors (Lipinski definition) is 3. The molecule has 0 amide bonds. The number of para-hydroxylation sites is 1. The van der Waals surface area contributed by atoms with Crippen LogP contribution in [0.2, 0.25) is 0 Å². The average molecular weight is 459 g/mol. The number of aliphatic imine (C=N–C) groups is 1. The minimum absolute atomic E-state index is 0. The van der Waals surface area contributed by atoms with Crippen molar-refractivity contribution in [3.63, 3.8) is 0 Å². The number of benzene rings is 1. The normalized spacial score (nSPS) is 10.9. The number of methoxy groups -OCH3 is 1. The van der Waals surface area contributed by atoms with Gasteiger partial charge < -0.3 is 24.9 Å². The molecule has 3 N–H and O–H groups in total. The van der Waals surface area contributed by atoms with Crippen LogP contribution in [0.25, 0.3) is 0 Å². The van der Waals surface area contributed by atoms with Crippen molar-refractivity contribution in [1.82, 2.24) is 10.6 Å². The first kappa shape index (κ1) is 21.1. The molecule has 0 bridgehead atoms. The molecule has 0 fully saturated rings. The van der Waals surface area contributed by atoms with Gasteiger partial charge in [0.05, 0.1) is 13.4 Å². The van der Waals surface area contributed by atoms with E-state index in [1.165, 1.54) is 0 Å². The summed E-state index contributed by atoms with van der Waals surface area (Å²) < 4.78 is 10.4. The number of hydrogen-bond acceptors (Lipinski definition) is 4. The van der Waals surface area contributed by atoms with Crippen LogP contribution in [0.4, 0.5) is 0 Å². The zero-order chi connectivity index (χ0) is 17.2. The van der Waals surface area contributed by atoms with Gasteiger partial charge in [0.2, 0.25) is 0 Å². The van der Waals surface area contributed by atoms with Gasteiger partial charge in [0.1, 0.15) is 5.76 Å². The van der Waals surface area contributed by atoms with Crippen molar-refractivity contribution in [2.45, 2.75) is 19.8 Å². The van der Waals surface area contributed by atoms with E-state index < -0.39 is 0 Å². The summed E-state index contributed by atoms with van der Waals surface area (Å²) in [7, 11) is 1.55. The molecule has 1 aromatic heterocycles. The van der Waals surface area contributed by atoms with Crippen LogP contribution in [0.1, 0.15) is 18.2 Å². The van der Waals surface area contributed by atoms with E-state index in [4.69, 9.17) is 9.15 Å². The summed E-state index contributed by atoms with van der Waals surface area (Å²) in [4.78, 5) is 4.52. The summed E-state index contributed by atoms with van der Waals surface area (Å²) in [6.45, 7) is 4.12. The van der Waals surface area contributed by atoms with Crippen LogP contribution < -0.4 is 15.4 Å². The Morgan fingerprint density at radius 1 is 1.20 bits per heavy atom. The minimum Gasteiger partial charge on any atom is -0.504 e. The second-order valence-corrected chi connectivity index (χ2v) is 5.23. The molecule has 138 valence electrons. The number of aromatic hydroxyl groups is 1. The average Bonchev–Trinajstić information content (AvgIpc) is 3.10. The largest absolute Gasteiger partial charge is 0.504 e. The Bertz CT molecular complexity index is 645. The van der Waals surface area contributed by atoms with E-state index in [1.807, 2.05) is 31.2 Å². The predicted octanol–water partition coefficient (Wildman–Crippen LogP) is 2.95. The number of rotatable bonds is 8. The number of nitrogens with zero attached hydrogens (tertiary/aromatic N) is 1. The van der Waals surface area contributed by atoms with Crippen molar-refractivity contribution in [2.24, 2.45) is 4.99 Å². The molecule has 0 spiro atoms. The zero-order valence-corrected chi connectivity index (χ0v) is 16.9. The Balaban J connectivity index is 0.00000312. The third-order valence-electron chi connectivity index (χ3n) is 3.54. The van der Waals surface area contributed by atoms with Crippen LogP contribution in [-0.4, -0.2) is 37.8 Å². The van der Waals surface area contributed by atoms with Gasteiger partial charge in [-0.25, -0.2) is 0 Å². The fraction of sp³-hybridized carbons (Fsp3) is 0.389. The van der Waals surface area contributed by atoms with Crippen molar-refractivity contribution in [1.29, 1.82) is 0 Å². The highest BCUT2D eigenvalue weighted by molar-refractivity contribution is 14.0. The molecule has 0 radical (unpaired) electrons. The van der Waals surface area contributed by atoms with E-state index in [2.05, 4.69) is 15.6 Å². The molecular formula is C18H26IN3O3. The molecule has 7 heteroatoms. The number of halogens is 1. The molecule has 2 rings (SSSR count). The van der Waals surface area contributed by atoms with Crippen LogP contribution in [0.15, 0.2) is 46.0 Å². The maximum Gasteiger partial charge on any atom is 0.191 e. The number of guanidine groups is 1. The lowest BCUT2D eigenvalue weighted by atomic mass is 10.1. The second-order valence-electron chi connectivity index (χ2n) is 5.23. The summed E-state index contributed by atoms with van der Waals surface area (Å²) in [5, 5.41) is 16.6. The van der Waals surface area contributed by atoms with Gasteiger partial charge in [-0.05, 0) is 37.1 Å². The first-order valence-corrected chi connectivity index (χ1v) is 8.14. The fourth-order valence-corrected chi connectivity index (χ4v) is 2.32. The number of phenols is 1. The van der Waals surface area contributed by atoms with Gasteiger partial charge in [0.25, 0.3) is 0 Å². The van der Waals surface area contributed by atoms with Crippen LogP contribution in [0.3, 0.4) is 0 Å². The highest BCUT2D eigenvalue weighted by Gasteiger charge is 2.07. The smallest absolute Gasteiger partial charge is 0.191 e. The van der Waals surface area contributed by atoms with Gasteiger partial charge in [-0.3, -0.25) is 4.99 Å². The SMILES string of the molecule is CCNC(=NCCc1ccco1)NCCc1cccc(OC)c1O.I. The van der Waals surface area contributed by atoms with Crippen LogP contribution in [0.5, 0.6) is 11.5 Å². The van der Waals surface area contributed by atoms with E-state index in [9.17, 15) is 5.11 Å².